The summed E-state index contributed by atoms with van der Waals surface area (Å²) < 4.78 is 0. The Hall–Kier alpha value is -2.64. The molecule has 0 aliphatic rings. The van der Waals surface area contributed by atoms with Crippen LogP contribution < -0.4 is 10.6 Å². The van der Waals surface area contributed by atoms with Gasteiger partial charge < -0.3 is 15.7 Å². The van der Waals surface area contributed by atoms with E-state index < -0.39 is 16.9 Å². The molecule has 8 heteroatoms. The van der Waals surface area contributed by atoms with Crippen molar-refractivity contribution in [1.29, 1.82) is 0 Å². The van der Waals surface area contributed by atoms with Crippen molar-refractivity contribution in [3.05, 3.63) is 68.7 Å². The van der Waals surface area contributed by atoms with Crippen LogP contribution in [0.2, 0.25) is 5.02 Å². The first-order chi connectivity index (χ1) is 11.9. The van der Waals surface area contributed by atoms with E-state index in [4.69, 9.17) is 11.6 Å². The molecule has 1 unspecified atom stereocenters. The summed E-state index contributed by atoms with van der Waals surface area (Å²) in [4.78, 5) is 22.7. The molecule has 1 amide bonds. The summed E-state index contributed by atoms with van der Waals surface area (Å²) in [6.45, 7) is 1.91. The Bertz CT molecular complexity index is 780. The van der Waals surface area contributed by atoms with Gasteiger partial charge in [-0.1, -0.05) is 29.8 Å². The van der Waals surface area contributed by atoms with Gasteiger partial charge in [-0.3, -0.25) is 14.9 Å². The number of hydrogen-bond acceptors (Lipinski definition) is 5. The van der Waals surface area contributed by atoms with Gasteiger partial charge in [-0.2, -0.15) is 0 Å². The maximum atomic E-state index is 12.0. The summed E-state index contributed by atoms with van der Waals surface area (Å²) in [7, 11) is 0. The van der Waals surface area contributed by atoms with Crippen LogP contribution in [0.1, 0.15) is 22.8 Å². The molecule has 0 saturated carbocycles. The van der Waals surface area contributed by atoms with Crippen molar-refractivity contribution in [1.82, 2.24) is 5.32 Å². The average molecular weight is 364 g/mol. The highest BCUT2D eigenvalue weighted by Crippen LogP contribution is 2.27. The van der Waals surface area contributed by atoms with Gasteiger partial charge in [0.15, 0.2) is 0 Å². The number of nitro benzene ring substituents is 1. The SMILES string of the molecule is CC(O)CNC(=O)c1ccc(NCc2ccccc2Cl)c([N+](=O)[O-])c1. The minimum Gasteiger partial charge on any atom is -0.392 e. The van der Waals surface area contributed by atoms with E-state index in [2.05, 4.69) is 10.6 Å². The summed E-state index contributed by atoms with van der Waals surface area (Å²) in [5.74, 6) is -0.485. The zero-order valence-corrected chi connectivity index (χ0v) is 14.3. The van der Waals surface area contributed by atoms with Crippen molar-refractivity contribution >= 4 is 28.9 Å². The smallest absolute Gasteiger partial charge is 0.293 e. The number of aliphatic hydroxyl groups is 1. The maximum Gasteiger partial charge on any atom is 0.293 e. The zero-order valence-electron chi connectivity index (χ0n) is 13.5. The lowest BCUT2D eigenvalue weighted by Crippen LogP contribution is -2.30. The van der Waals surface area contributed by atoms with Crippen LogP contribution in [0.25, 0.3) is 0 Å². The van der Waals surface area contributed by atoms with Crippen molar-refractivity contribution < 1.29 is 14.8 Å². The third-order valence-corrected chi connectivity index (χ3v) is 3.81. The average Bonchev–Trinajstić information content (AvgIpc) is 2.58. The molecule has 0 radical (unpaired) electrons. The highest BCUT2D eigenvalue weighted by atomic mass is 35.5. The third-order valence-electron chi connectivity index (χ3n) is 3.44. The van der Waals surface area contributed by atoms with Crippen LogP contribution in [0.15, 0.2) is 42.5 Å². The van der Waals surface area contributed by atoms with Crippen LogP contribution in [0.5, 0.6) is 0 Å². The minimum atomic E-state index is -0.699. The first-order valence-corrected chi connectivity index (χ1v) is 7.98. The van der Waals surface area contributed by atoms with E-state index in [1.807, 2.05) is 12.1 Å². The van der Waals surface area contributed by atoms with Gasteiger partial charge in [-0.25, -0.2) is 0 Å². The fourth-order valence-electron chi connectivity index (χ4n) is 2.15. The van der Waals surface area contributed by atoms with Crippen molar-refractivity contribution in [3.63, 3.8) is 0 Å². The van der Waals surface area contributed by atoms with Crippen LogP contribution in [0, 0.1) is 10.1 Å². The lowest BCUT2D eigenvalue weighted by Gasteiger charge is -2.11. The Balaban J connectivity index is 2.17. The number of carbonyl (C=O) groups excluding carboxylic acids is 1. The number of rotatable bonds is 7. The largest absolute Gasteiger partial charge is 0.392 e. The topological polar surface area (TPSA) is 104 Å². The number of nitrogens with one attached hydrogen (secondary N) is 2. The van der Waals surface area contributed by atoms with Crippen molar-refractivity contribution in [2.75, 3.05) is 11.9 Å². The predicted octanol–water partition coefficient (Wildman–Crippen LogP) is 2.97. The molecular formula is C17H18ClN3O4. The quantitative estimate of drug-likeness (QED) is 0.518. The second-order valence-corrected chi connectivity index (χ2v) is 5.90. The van der Waals surface area contributed by atoms with Crippen LogP contribution in [0.3, 0.4) is 0 Å². The first-order valence-electron chi connectivity index (χ1n) is 7.60. The third kappa shape index (κ3) is 5.17. The molecule has 0 saturated heterocycles. The van der Waals surface area contributed by atoms with Crippen LogP contribution in [-0.2, 0) is 6.54 Å². The molecule has 1 atom stereocenters. The molecule has 0 aliphatic heterocycles. The molecule has 2 rings (SSSR count). The normalized spacial score (nSPS) is 11.6. The lowest BCUT2D eigenvalue weighted by molar-refractivity contribution is -0.384. The Morgan fingerprint density at radius 3 is 2.68 bits per heavy atom. The van der Waals surface area contributed by atoms with E-state index in [0.717, 1.165) is 5.56 Å². The number of amides is 1. The molecule has 2 aromatic carbocycles. The van der Waals surface area contributed by atoms with Crippen molar-refractivity contribution in [2.24, 2.45) is 0 Å². The predicted molar refractivity (Wildman–Crippen MR) is 95.9 cm³/mol. The second kappa shape index (κ2) is 8.46. The van der Waals surface area contributed by atoms with Gasteiger partial charge in [-0.15, -0.1) is 0 Å². The number of carbonyl (C=O) groups is 1. The summed E-state index contributed by atoms with van der Waals surface area (Å²) >= 11 is 6.07. The number of hydrogen-bond donors (Lipinski definition) is 3. The monoisotopic (exact) mass is 363 g/mol. The minimum absolute atomic E-state index is 0.0686. The van der Waals surface area contributed by atoms with Crippen LogP contribution in [0.4, 0.5) is 11.4 Å². The summed E-state index contributed by atoms with van der Waals surface area (Å²) in [5.41, 5.74) is 1.03. The fourth-order valence-corrected chi connectivity index (χ4v) is 2.35. The molecule has 0 aromatic heterocycles. The molecule has 3 N–H and O–H groups in total. The van der Waals surface area contributed by atoms with E-state index in [1.54, 1.807) is 12.1 Å². The Kier molecular flexibility index (Phi) is 6.32. The Labute approximate surface area is 149 Å². The zero-order chi connectivity index (χ0) is 18.4. The van der Waals surface area contributed by atoms with Gasteiger partial charge in [0.2, 0.25) is 0 Å². The van der Waals surface area contributed by atoms with Gasteiger partial charge in [0.25, 0.3) is 11.6 Å². The van der Waals surface area contributed by atoms with E-state index in [0.29, 0.717) is 11.6 Å². The fraction of sp³-hybridized carbons (Fsp3) is 0.235. The first kappa shape index (κ1) is 18.7. The second-order valence-electron chi connectivity index (χ2n) is 5.49. The highest BCUT2D eigenvalue weighted by Gasteiger charge is 2.18. The summed E-state index contributed by atoms with van der Waals surface area (Å²) in [6, 6.07) is 11.3. The lowest BCUT2D eigenvalue weighted by atomic mass is 10.1. The van der Waals surface area contributed by atoms with Gasteiger partial charge >= 0.3 is 0 Å². The number of nitro groups is 1. The molecule has 0 bridgehead atoms. The number of halogens is 1. The molecule has 0 heterocycles. The number of aliphatic hydroxyl groups excluding tert-OH is 1. The molecule has 7 nitrogen and oxygen atoms in total. The van der Waals surface area contributed by atoms with E-state index in [1.165, 1.54) is 25.1 Å². The molecule has 0 aliphatic carbocycles. The Morgan fingerprint density at radius 1 is 1.32 bits per heavy atom. The van der Waals surface area contributed by atoms with Gasteiger partial charge in [0.1, 0.15) is 5.69 Å². The molecule has 25 heavy (non-hydrogen) atoms. The van der Waals surface area contributed by atoms with Crippen LogP contribution in [-0.4, -0.2) is 28.6 Å². The van der Waals surface area contributed by atoms with Crippen molar-refractivity contribution in [3.8, 4) is 0 Å². The molecular weight excluding hydrogens is 346 g/mol. The van der Waals surface area contributed by atoms with E-state index >= 15 is 0 Å². The summed E-state index contributed by atoms with van der Waals surface area (Å²) in [5, 5.41) is 26.5. The molecule has 2 aromatic rings. The van der Waals surface area contributed by atoms with Gasteiger partial charge in [0, 0.05) is 29.7 Å². The van der Waals surface area contributed by atoms with Crippen LogP contribution >= 0.6 is 11.6 Å². The van der Waals surface area contributed by atoms with E-state index in [-0.39, 0.29) is 23.5 Å². The van der Waals surface area contributed by atoms with Gasteiger partial charge in [0.05, 0.1) is 11.0 Å². The van der Waals surface area contributed by atoms with Crippen molar-refractivity contribution in [2.45, 2.75) is 19.6 Å². The highest BCUT2D eigenvalue weighted by molar-refractivity contribution is 6.31. The summed E-state index contributed by atoms with van der Waals surface area (Å²) in [6.07, 6.45) is -0.699. The number of benzene rings is 2. The van der Waals surface area contributed by atoms with E-state index in [9.17, 15) is 20.0 Å². The molecule has 132 valence electrons. The maximum absolute atomic E-state index is 12.0. The van der Waals surface area contributed by atoms with Gasteiger partial charge in [-0.05, 0) is 30.7 Å². The Morgan fingerprint density at radius 2 is 2.04 bits per heavy atom. The standard InChI is InChI=1S/C17H18ClN3O4/c1-11(22)9-20-17(23)12-6-7-15(16(8-12)21(24)25)19-10-13-4-2-3-5-14(13)18/h2-8,11,19,22H,9-10H2,1H3,(H,20,23). The number of anilines is 1. The number of nitrogens with zero attached hydrogens (tertiary/aromatic N) is 1. The molecule has 0 fully saturated rings. The molecule has 0 spiro atoms.